The van der Waals surface area contributed by atoms with Crippen LogP contribution in [0, 0.1) is 13.8 Å². The number of benzene rings is 2. The summed E-state index contributed by atoms with van der Waals surface area (Å²) in [5.74, 6) is 1.53. The van der Waals surface area contributed by atoms with Crippen molar-refractivity contribution < 1.29 is 19.0 Å². The van der Waals surface area contributed by atoms with E-state index in [-0.39, 0.29) is 18.4 Å². The highest BCUT2D eigenvalue weighted by Crippen LogP contribution is 2.38. The summed E-state index contributed by atoms with van der Waals surface area (Å²) in [7, 11) is 4.70. The number of carbonyl (C=O) groups is 1. The number of carbonyl (C=O) groups excluding carboxylic acids is 1. The number of rotatable bonds is 7. The van der Waals surface area contributed by atoms with Gasteiger partial charge in [-0.25, -0.2) is 4.68 Å². The van der Waals surface area contributed by atoms with Crippen molar-refractivity contribution in [2.24, 2.45) is 0 Å². The van der Waals surface area contributed by atoms with E-state index in [1.54, 1.807) is 21.3 Å². The van der Waals surface area contributed by atoms with E-state index in [0.29, 0.717) is 17.2 Å². The Labute approximate surface area is 194 Å². The van der Waals surface area contributed by atoms with Gasteiger partial charge < -0.3 is 19.5 Å². The fourth-order valence-electron chi connectivity index (χ4n) is 4.67. The average Bonchev–Trinajstić information content (AvgIpc) is 3.23. The molecular formula is C26H31N3O4. The van der Waals surface area contributed by atoms with Crippen LogP contribution in [-0.2, 0) is 17.6 Å². The van der Waals surface area contributed by atoms with Crippen LogP contribution in [0.5, 0.6) is 17.2 Å². The third-order valence-electron chi connectivity index (χ3n) is 6.06. The van der Waals surface area contributed by atoms with E-state index in [1.807, 2.05) is 23.0 Å². The minimum absolute atomic E-state index is 0.0528. The number of fused-ring (bicyclic) bond motifs is 1. The van der Waals surface area contributed by atoms with E-state index in [0.717, 1.165) is 36.1 Å². The highest BCUT2D eigenvalue weighted by Gasteiger charge is 2.26. The van der Waals surface area contributed by atoms with Crippen molar-refractivity contribution in [3.8, 4) is 22.9 Å². The molecule has 0 saturated heterocycles. The molecule has 1 N–H and O–H groups in total. The maximum atomic E-state index is 13.0. The molecule has 174 valence electrons. The number of aromatic nitrogens is 2. The molecule has 33 heavy (non-hydrogen) atoms. The molecule has 0 spiro atoms. The lowest BCUT2D eigenvalue weighted by atomic mass is 9.92. The Balaban J connectivity index is 1.54. The van der Waals surface area contributed by atoms with Gasteiger partial charge >= 0.3 is 0 Å². The Morgan fingerprint density at radius 3 is 2.30 bits per heavy atom. The average molecular weight is 450 g/mol. The van der Waals surface area contributed by atoms with Gasteiger partial charge in [-0.1, -0.05) is 6.07 Å². The molecule has 0 aliphatic heterocycles. The summed E-state index contributed by atoms with van der Waals surface area (Å²) in [6.07, 6.45) is 4.96. The topological polar surface area (TPSA) is 74.6 Å². The minimum atomic E-state index is -0.0544. The van der Waals surface area contributed by atoms with Crippen LogP contribution in [-0.4, -0.2) is 37.0 Å². The quantitative estimate of drug-likeness (QED) is 0.584. The van der Waals surface area contributed by atoms with Crippen LogP contribution < -0.4 is 19.5 Å². The third kappa shape index (κ3) is 4.67. The number of aryl methyl sites for hydroxylation is 2. The number of hydrogen-bond donors (Lipinski definition) is 1. The van der Waals surface area contributed by atoms with Gasteiger partial charge in [0, 0.05) is 11.3 Å². The first-order valence-electron chi connectivity index (χ1n) is 11.2. The molecule has 1 amide bonds. The molecule has 1 atom stereocenters. The smallest absolute Gasteiger partial charge is 0.224 e. The van der Waals surface area contributed by atoms with Crippen LogP contribution >= 0.6 is 0 Å². The lowest BCUT2D eigenvalue weighted by Crippen LogP contribution is -2.32. The fourth-order valence-corrected chi connectivity index (χ4v) is 4.67. The normalized spacial score (nSPS) is 15.0. The maximum absolute atomic E-state index is 13.0. The molecule has 1 heterocycles. The molecule has 0 saturated carbocycles. The van der Waals surface area contributed by atoms with Crippen LogP contribution in [0.2, 0.25) is 0 Å². The van der Waals surface area contributed by atoms with Crippen LogP contribution in [0.1, 0.15) is 46.8 Å². The molecule has 0 unspecified atom stereocenters. The molecule has 0 fully saturated rings. The first-order valence-corrected chi connectivity index (χ1v) is 11.2. The molecule has 4 rings (SSSR count). The Morgan fingerprint density at radius 2 is 1.70 bits per heavy atom. The molecule has 1 aliphatic rings. The van der Waals surface area contributed by atoms with Gasteiger partial charge in [0.1, 0.15) is 0 Å². The number of methoxy groups -OCH3 is 3. The minimum Gasteiger partial charge on any atom is -0.493 e. The van der Waals surface area contributed by atoms with Gasteiger partial charge in [-0.15, -0.1) is 0 Å². The van der Waals surface area contributed by atoms with E-state index < -0.39 is 0 Å². The van der Waals surface area contributed by atoms with Gasteiger partial charge in [0.05, 0.1) is 45.7 Å². The fraction of sp³-hybridized carbons (Fsp3) is 0.385. The molecule has 1 aliphatic carbocycles. The van der Waals surface area contributed by atoms with Crippen molar-refractivity contribution in [2.75, 3.05) is 21.3 Å². The first-order chi connectivity index (χ1) is 15.9. The zero-order valence-electron chi connectivity index (χ0n) is 19.9. The Hall–Kier alpha value is -3.48. The molecule has 7 nitrogen and oxygen atoms in total. The standard InChI is InChI=1S/C26H31N3O4/c1-16-9-17(2)11-19(10-16)29-22-8-6-7-21(20(22)15-27-29)28-25(30)14-18-12-23(31-3)26(33-5)24(13-18)32-4/h9-13,15,21H,6-8,14H2,1-5H3,(H,28,30)/t21-/m1/s1. The number of hydrogen-bond acceptors (Lipinski definition) is 5. The van der Waals surface area contributed by atoms with E-state index >= 15 is 0 Å². The van der Waals surface area contributed by atoms with E-state index in [4.69, 9.17) is 14.2 Å². The van der Waals surface area contributed by atoms with Gasteiger partial charge in [-0.2, -0.15) is 5.10 Å². The number of amides is 1. The van der Waals surface area contributed by atoms with Crippen LogP contribution in [0.4, 0.5) is 0 Å². The summed E-state index contributed by atoms with van der Waals surface area (Å²) in [6.45, 7) is 4.19. The molecule has 0 bridgehead atoms. The van der Waals surface area contributed by atoms with Crippen LogP contribution in [0.25, 0.3) is 5.69 Å². The second-order valence-corrected chi connectivity index (χ2v) is 8.53. The number of nitrogens with zero attached hydrogens (tertiary/aromatic N) is 2. The summed E-state index contributed by atoms with van der Waals surface area (Å²) in [5.41, 5.74) is 6.55. The predicted molar refractivity (Wildman–Crippen MR) is 127 cm³/mol. The second kappa shape index (κ2) is 9.57. The van der Waals surface area contributed by atoms with Gasteiger partial charge in [0.2, 0.25) is 11.7 Å². The van der Waals surface area contributed by atoms with Crippen molar-refractivity contribution in [1.29, 1.82) is 0 Å². The van der Waals surface area contributed by atoms with Gasteiger partial charge in [-0.05, 0) is 74.1 Å². The Morgan fingerprint density at radius 1 is 1.03 bits per heavy atom. The highest BCUT2D eigenvalue weighted by atomic mass is 16.5. The SMILES string of the molecule is COc1cc(CC(=O)N[C@@H]2CCCc3c2cnn3-c2cc(C)cc(C)c2)cc(OC)c1OC. The van der Waals surface area contributed by atoms with E-state index in [1.165, 1.54) is 16.8 Å². The summed E-state index contributed by atoms with van der Waals surface area (Å²) in [6, 6.07) is 10.0. The molecule has 0 radical (unpaired) electrons. The van der Waals surface area contributed by atoms with Gasteiger partial charge in [-0.3, -0.25) is 4.79 Å². The highest BCUT2D eigenvalue weighted by molar-refractivity contribution is 5.79. The third-order valence-corrected chi connectivity index (χ3v) is 6.06. The van der Waals surface area contributed by atoms with Crippen molar-refractivity contribution in [2.45, 2.75) is 45.6 Å². The maximum Gasteiger partial charge on any atom is 0.224 e. The molecular weight excluding hydrogens is 418 g/mol. The van der Waals surface area contributed by atoms with Crippen molar-refractivity contribution in [3.63, 3.8) is 0 Å². The molecule has 2 aromatic carbocycles. The summed E-state index contributed by atoms with van der Waals surface area (Å²) in [5, 5.41) is 7.88. The predicted octanol–water partition coefficient (Wildman–Crippen LogP) is 4.25. The van der Waals surface area contributed by atoms with Crippen molar-refractivity contribution in [3.05, 3.63) is 64.5 Å². The monoisotopic (exact) mass is 449 g/mol. The molecule has 3 aromatic rings. The summed E-state index contributed by atoms with van der Waals surface area (Å²) in [4.78, 5) is 13.0. The van der Waals surface area contributed by atoms with Gasteiger partial charge in [0.25, 0.3) is 0 Å². The summed E-state index contributed by atoms with van der Waals surface area (Å²) >= 11 is 0. The number of nitrogens with one attached hydrogen (secondary N) is 1. The molecule has 1 aromatic heterocycles. The van der Waals surface area contributed by atoms with E-state index in [2.05, 4.69) is 42.5 Å². The largest absolute Gasteiger partial charge is 0.493 e. The van der Waals surface area contributed by atoms with E-state index in [9.17, 15) is 4.79 Å². The van der Waals surface area contributed by atoms with Crippen molar-refractivity contribution in [1.82, 2.24) is 15.1 Å². The number of ether oxygens (including phenoxy) is 3. The van der Waals surface area contributed by atoms with Gasteiger partial charge in [0.15, 0.2) is 11.5 Å². The van der Waals surface area contributed by atoms with Crippen LogP contribution in [0.15, 0.2) is 36.5 Å². The zero-order chi connectivity index (χ0) is 23.5. The zero-order valence-corrected chi connectivity index (χ0v) is 19.9. The first kappa shape index (κ1) is 22.7. The lowest BCUT2D eigenvalue weighted by Gasteiger charge is -2.24. The van der Waals surface area contributed by atoms with Crippen molar-refractivity contribution >= 4 is 5.91 Å². The van der Waals surface area contributed by atoms with Crippen LogP contribution in [0.3, 0.4) is 0 Å². The summed E-state index contributed by atoms with van der Waals surface area (Å²) < 4.78 is 18.2. The second-order valence-electron chi connectivity index (χ2n) is 8.53. The molecule has 7 heteroatoms. The Bertz CT molecular complexity index is 1120. The lowest BCUT2D eigenvalue weighted by molar-refractivity contribution is -0.121. The Kier molecular flexibility index (Phi) is 6.58.